The average Bonchev–Trinajstić information content (AvgIpc) is 3.00. The van der Waals surface area contributed by atoms with E-state index in [0.717, 1.165) is 31.8 Å². The van der Waals surface area contributed by atoms with Crippen LogP contribution >= 0.6 is 0 Å². The fraction of sp³-hybridized carbons (Fsp3) is 0.562. The largest absolute Gasteiger partial charge is 0.374 e. The van der Waals surface area contributed by atoms with Crippen molar-refractivity contribution >= 4 is 16.9 Å². The van der Waals surface area contributed by atoms with Gasteiger partial charge in [0.2, 0.25) is 0 Å². The minimum absolute atomic E-state index is 0.0437. The molecule has 1 aliphatic heterocycles. The fourth-order valence-corrected chi connectivity index (χ4v) is 2.88. The highest BCUT2D eigenvalue weighted by molar-refractivity contribution is 5.97. The lowest BCUT2D eigenvalue weighted by atomic mass is 10.1. The number of H-pyrrole nitrogens is 1. The number of hydrogen-bond donors (Lipinski definition) is 2. The molecule has 23 heavy (non-hydrogen) atoms. The number of carbonyl (C=O) groups is 1. The van der Waals surface area contributed by atoms with Crippen LogP contribution in [0, 0.1) is 5.92 Å². The molecule has 0 unspecified atom stereocenters. The predicted molar refractivity (Wildman–Crippen MR) is 87.2 cm³/mol. The quantitative estimate of drug-likeness (QED) is 0.861. The Morgan fingerprint density at radius 3 is 3.09 bits per heavy atom. The number of carbonyl (C=O) groups excluding carboxylic acids is 1. The smallest absolute Gasteiger partial charge is 0.251 e. The summed E-state index contributed by atoms with van der Waals surface area (Å²) in [7, 11) is 0. The summed E-state index contributed by atoms with van der Waals surface area (Å²) in [6.45, 7) is 8.56. The summed E-state index contributed by atoms with van der Waals surface area (Å²) >= 11 is 0. The molecule has 0 spiro atoms. The van der Waals surface area contributed by atoms with Gasteiger partial charge in [0.1, 0.15) is 11.0 Å². The molecule has 1 aromatic heterocycles. The summed E-state index contributed by atoms with van der Waals surface area (Å²) in [5.74, 6) is 0.525. The topological polar surface area (TPSA) is 83.1 Å². The van der Waals surface area contributed by atoms with Crippen molar-refractivity contribution in [2.45, 2.75) is 20.0 Å². The molecule has 1 atom stereocenters. The number of fused-ring (bicyclic) bond motifs is 1. The predicted octanol–water partition coefficient (Wildman–Crippen LogP) is 1.04. The second-order valence-electron chi connectivity index (χ2n) is 6.38. The Bertz CT molecular complexity index is 669. The van der Waals surface area contributed by atoms with E-state index < -0.39 is 0 Å². The highest BCUT2D eigenvalue weighted by Crippen LogP contribution is 2.11. The molecule has 1 aromatic carbocycles. The zero-order valence-corrected chi connectivity index (χ0v) is 13.6. The molecule has 2 N–H and O–H groups in total. The van der Waals surface area contributed by atoms with Gasteiger partial charge in [-0.3, -0.25) is 9.69 Å². The number of aromatic nitrogens is 3. The van der Waals surface area contributed by atoms with Crippen molar-refractivity contribution in [1.82, 2.24) is 25.6 Å². The normalized spacial score (nSPS) is 19.3. The lowest BCUT2D eigenvalue weighted by Crippen LogP contribution is -2.48. The molecule has 0 radical (unpaired) electrons. The lowest BCUT2D eigenvalue weighted by Gasteiger charge is -2.33. The molecule has 0 saturated carbocycles. The first-order chi connectivity index (χ1) is 11.1. The zero-order chi connectivity index (χ0) is 16.2. The number of rotatable bonds is 5. The lowest BCUT2D eigenvalue weighted by molar-refractivity contribution is -0.0295. The van der Waals surface area contributed by atoms with Gasteiger partial charge >= 0.3 is 0 Å². The standard InChI is InChI=1S/C16H23N5O2/c1-11(2)9-21-5-6-23-13(10-21)8-17-16(22)12-3-4-14-15(7-12)19-20-18-14/h3-4,7,11,13H,5-6,8-10H2,1-2H3,(H,17,22)(H,18,19,20)/t13-/m0/s1. The van der Waals surface area contributed by atoms with Gasteiger partial charge < -0.3 is 10.1 Å². The van der Waals surface area contributed by atoms with E-state index in [1.54, 1.807) is 18.2 Å². The first kappa shape index (κ1) is 15.9. The number of morpholine rings is 1. The Hall–Kier alpha value is -1.99. The molecule has 1 aliphatic rings. The summed E-state index contributed by atoms with van der Waals surface area (Å²) in [6, 6.07) is 5.28. The molecule has 1 amide bonds. The Kier molecular flexibility index (Phi) is 4.88. The highest BCUT2D eigenvalue weighted by Gasteiger charge is 2.21. The van der Waals surface area contributed by atoms with Gasteiger partial charge in [-0.1, -0.05) is 13.8 Å². The zero-order valence-electron chi connectivity index (χ0n) is 13.6. The van der Waals surface area contributed by atoms with Crippen molar-refractivity contribution < 1.29 is 9.53 Å². The van der Waals surface area contributed by atoms with E-state index in [1.165, 1.54) is 0 Å². The number of nitrogens with one attached hydrogen (secondary N) is 2. The van der Waals surface area contributed by atoms with Gasteiger partial charge in [-0.2, -0.15) is 15.4 Å². The molecule has 2 heterocycles. The summed E-state index contributed by atoms with van der Waals surface area (Å²) < 4.78 is 5.75. The Balaban J connectivity index is 1.53. The molecular formula is C16H23N5O2. The summed E-state index contributed by atoms with van der Waals surface area (Å²) in [5, 5.41) is 13.5. The molecule has 1 saturated heterocycles. The third-order valence-electron chi connectivity index (χ3n) is 3.92. The van der Waals surface area contributed by atoms with Crippen molar-refractivity contribution in [3.05, 3.63) is 23.8 Å². The fourth-order valence-electron chi connectivity index (χ4n) is 2.88. The number of aromatic amines is 1. The second kappa shape index (κ2) is 7.06. The SMILES string of the molecule is CC(C)CN1CCO[C@@H](CNC(=O)c2ccc3n[nH]nc3c2)C1. The molecule has 3 rings (SSSR count). The van der Waals surface area contributed by atoms with Gasteiger partial charge in [-0.25, -0.2) is 0 Å². The van der Waals surface area contributed by atoms with Crippen LogP contribution in [0.2, 0.25) is 0 Å². The molecule has 1 fully saturated rings. The third-order valence-corrected chi connectivity index (χ3v) is 3.92. The molecule has 0 bridgehead atoms. The van der Waals surface area contributed by atoms with Crippen molar-refractivity contribution in [3.63, 3.8) is 0 Å². The van der Waals surface area contributed by atoms with E-state index in [9.17, 15) is 4.79 Å². The number of hydrogen-bond acceptors (Lipinski definition) is 5. The van der Waals surface area contributed by atoms with Crippen LogP contribution < -0.4 is 5.32 Å². The van der Waals surface area contributed by atoms with Gasteiger partial charge in [0.25, 0.3) is 5.91 Å². The third kappa shape index (κ3) is 4.05. The maximum Gasteiger partial charge on any atom is 0.251 e. The van der Waals surface area contributed by atoms with Crippen LogP contribution in [0.1, 0.15) is 24.2 Å². The van der Waals surface area contributed by atoms with Crippen molar-refractivity contribution in [2.75, 3.05) is 32.8 Å². The van der Waals surface area contributed by atoms with E-state index in [4.69, 9.17) is 4.74 Å². The average molecular weight is 317 g/mol. The van der Waals surface area contributed by atoms with Crippen LogP contribution in [0.15, 0.2) is 18.2 Å². The van der Waals surface area contributed by atoms with E-state index in [-0.39, 0.29) is 12.0 Å². The number of benzene rings is 1. The molecule has 7 heteroatoms. The monoisotopic (exact) mass is 317 g/mol. The van der Waals surface area contributed by atoms with E-state index in [2.05, 4.69) is 39.5 Å². The maximum atomic E-state index is 12.3. The molecule has 7 nitrogen and oxygen atoms in total. The second-order valence-corrected chi connectivity index (χ2v) is 6.38. The van der Waals surface area contributed by atoms with E-state index in [1.807, 2.05) is 0 Å². The molecule has 2 aromatic rings. The van der Waals surface area contributed by atoms with Gasteiger partial charge in [-0.05, 0) is 24.1 Å². The number of amides is 1. The van der Waals surface area contributed by atoms with Crippen molar-refractivity contribution in [3.8, 4) is 0 Å². The minimum Gasteiger partial charge on any atom is -0.374 e. The first-order valence-corrected chi connectivity index (χ1v) is 8.04. The molecular weight excluding hydrogens is 294 g/mol. The number of ether oxygens (including phenoxy) is 1. The van der Waals surface area contributed by atoms with Crippen LogP contribution in [-0.2, 0) is 4.74 Å². The molecule has 124 valence electrons. The Labute approximate surface area is 135 Å². The highest BCUT2D eigenvalue weighted by atomic mass is 16.5. The minimum atomic E-state index is -0.112. The maximum absolute atomic E-state index is 12.3. The summed E-state index contributed by atoms with van der Waals surface area (Å²) in [5.41, 5.74) is 2.03. The van der Waals surface area contributed by atoms with Crippen LogP contribution in [0.25, 0.3) is 11.0 Å². The number of nitrogens with zero attached hydrogens (tertiary/aromatic N) is 3. The van der Waals surface area contributed by atoms with Crippen LogP contribution in [-0.4, -0.2) is 65.1 Å². The van der Waals surface area contributed by atoms with Crippen molar-refractivity contribution in [1.29, 1.82) is 0 Å². The van der Waals surface area contributed by atoms with Crippen LogP contribution in [0.5, 0.6) is 0 Å². The first-order valence-electron chi connectivity index (χ1n) is 8.04. The Morgan fingerprint density at radius 2 is 2.26 bits per heavy atom. The summed E-state index contributed by atoms with van der Waals surface area (Å²) in [6.07, 6.45) is 0.0437. The van der Waals surface area contributed by atoms with Gasteiger partial charge in [-0.15, -0.1) is 0 Å². The van der Waals surface area contributed by atoms with E-state index in [0.29, 0.717) is 23.5 Å². The Morgan fingerprint density at radius 1 is 1.43 bits per heavy atom. The van der Waals surface area contributed by atoms with Crippen LogP contribution in [0.4, 0.5) is 0 Å². The van der Waals surface area contributed by atoms with Gasteiger partial charge in [0.15, 0.2) is 0 Å². The van der Waals surface area contributed by atoms with Gasteiger partial charge in [0, 0.05) is 31.7 Å². The van der Waals surface area contributed by atoms with Crippen molar-refractivity contribution in [2.24, 2.45) is 5.92 Å². The van der Waals surface area contributed by atoms with Gasteiger partial charge in [0.05, 0.1) is 12.7 Å². The van der Waals surface area contributed by atoms with Crippen LogP contribution in [0.3, 0.4) is 0 Å². The summed E-state index contributed by atoms with van der Waals surface area (Å²) in [4.78, 5) is 14.7. The van der Waals surface area contributed by atoms with E-state index >= 15 is 0 Å². The molecule has 0 aliphatic carbocycles.